The number of amides is 1. The Morgan fingerprint density at radius 1 is 0.811 bits per heavy atom. The van der Waals surface area contributed by atoms with Crippen LogP contribution in [0.25, 0.3) is 11.3 Å². The zero-order valence-corrected chi connectivity index (χ0v) is 32.6. The molecule has 2 heterocycles. The van der Waals surface area contributed by atoms with Crippen molar-refractivity contribution < 1.29 is 22.7 Å². The van der Waals surface area contributed by atoms with Crippen LogP contribution in [0.4, 0.5) is 11.4 Å². The number of unbranched alkanes of at least 4 members (excludes halogenated alkanes) is 10. The number of Topliss-reactive ketones (excluding diaryl/α,β-unsaturated/α-hetero) is 1. The summed E-state index contributed by atoms with van der Waals surface area (Å²) in [7, 11) is -3.63. The molecule has 0 aliphatic heterocycles. The first-order valence-electron chi connectivity index (χ1n) is 18.6. The second-order valence-corrected chi connectivity index (χ2v) is 15.4. The maximum Gasteiger partial charge on any atom is 0.329 e. The number of halogens is 1. The Morgan fingerprint density at radius 3 is 2.02 bits per heavy atom. The number of nitrogens with zero attached hydrogens (tertiary/aromatic N) is 3. The Bertz CT molecular complexity index is 1950. The number of ketones is 1. The number of benzene rings is 2. The lowest BCUT2D eigenvalue weighted by Gasteiger charge is -2.20. The molecule has 1 atom stereocenters. The second-order valence-electron chi connectivity index (χ2n) is 13.3. The van der Waals surface area contributed by atoms with E-state index < -0.39 is 27.8 Å². The first-order valence-corrected chi connectivity index (χ1v) is 20.9. The van der Waals surface area contributed by atoms with E-state index in [1.54, 1.807) is 16.7 Å². The Morgan fingerprint density at radius 2 is 1.42 bits per heavy atom. The van der Waals surface area contributed by atoms with Crippen molar-refractivity contribution in [3.8, 4) is 17.1 Å². The van der Waals surface area contributed by atoms with Crippen molar-refractivity contribution in [1.29, 1.82) is 0 Å². The van der Waals surface area contributed by atoms with Crippen LogP contribution in [0.2, 0.25) is 5.02 Å². The van der Waals surface area contributed by atoms with E-state index in [2.05, 4.69) is 28.9 Å². The van der Waals surface area contributed by atoms with Gasteiger partial charge in [0.1, 0.15) is 5.69 Å². The van der Waals surface area contributed by atoms with E-state index in [1.165, 1.54) is 35.0 Å². The lowest BCUT2D eigenvalue weighted by atomic mass is 10.0. The predicted octanol–water partition coefficient (Wildman–Crippen LogP) is 8.73. The minimum Gasteiger partial charge on any atom is -0.456 e. The van der Waals surface area contributed by atoms with Gasteiger partial charge in [-0.1, -0.05) is 126 Å². The van der Waals surface area contributed by atoms with E-state index in [4.69, 9.17) is 16.3 Å². The van der Waals surface area contributed by atoms with Gasteiger partial charge in [0.25, 0.3) is 5.91 Å². The normalized spacial score (nSPS) is 12.0. The third-order valence-corrected chi connectivity index (χ3v) is 9.79. The molecule has 0 spiro atoms. The van der Waals surface area contributed by atoms with Gasteiger partial charge in [-0.15, -0.1) is 0 Å². The van der Waals surface area contributed by atoms with Crippen LogP contribution < -0.4 is 20.5 Å². The number of pyridine rings is 1. The number of aromatic nitrogens is 3. The fourth-order valence-corrected chi connectivity index (χ4v) is 6.95. The maximum absolute atomic E-state index is 15.0. The molecule has 0 aliphatic rings. The molecule has 2 aromatic carbocycles. The SMILES string of the molecule is CCCCCCCCn1c(C(=O)C(Oc2ccccn2)C(=O)Nc2cc(NS(C)(=O)=O)ccc2Cl)c(-c2ccccc2)n(CCCCCCCC)c1=O. The van der Waals surface area contributed by atoms with Gasteiger partial charge in [0.2, 0.25) is 27.8 Å². The average Bonchev–Trinajstić information content (AvgIpc) is 3.41. The number of rotatable bonds is 23. The third-order valence-electron chi connectivity index (χ3n) is 8.86. The number of imidazole rings is 1. The number of anilines is 2. The van der Waals surface area contributed by atoms with Crippen LogP contribution >= 0.6 is 11.6 Å². The highest BCUT2D eigenvalue weighted by molar-refractivity contribution is 7.92. The molecule has 11 nitrogen and oxygen atoms in total. The van der Waals surface area contributed by atoms with Crippen molar-refractivity contribution in [3.63, 3.8) is 0 Å². The monoisotopic (exact) mass is 765 g/mol. The fraction of sp³-hybridized carbons (Fsp3) is 0.450. The largest absolute Gasteiger partial charge is 0.456 e. The Balaban J connectivity index is 1.81. The first kappa shape index (κ1) is 41.3. The van der Waals surface area contributed by atoms with E-state index in [1.807, 2.05) is 30.3 Å². The topological polar surface area (TPSA) is 141 Å². The summed E-state index contributed by atoms with van der Waals surface area (Å²) in [6.07, 6.45) is 12.8. The van der Waals surface area contributed by atoms with Gasteiger partial charge in [0.05, 0.1) is 28.3 Å². The van der Waals surface area contributed by atoms with Crippen LogP contribution in [-0.2, 0) is 27.9 Å². The molecule has 53 heavy (non-hydrogen) atoms. The fourth-order valence-electron chi connectivity index (χ4n) is 6.23. The standard InChI is InChI=1S/C40H52ClN5O6S/c1-4-6-8-10-12-19-27-45-35(30-21-15-14-16-22-30)36(46(40(45)49)28-20-13-11-9-7-5-2)37(47)38(52-34-23-17-18-26-42-34)39(48)43-33-29-31(24-25-32(33)41)44-53(3,50)51/h14-18,21-26,29,38,44H,4-13,19-20,27-28H2,1-3H3,(H,43,48). The number of carbonyl (C=O) groups excluding carboxylic acids is 2. The van der Waals surface area contributed by atoms with E-state index in [0.717, 1.165) is 76.9 Å². The highest BCUT2D eigenvalue weighted by Crippen LogP contribution is 2.29. The molecule has 4 aromatic rings. The first-order chi connectivity index (χ1) is 25.5. The average molecular weight is 766 g/mol. The quantitative estimate of drug-likeness (QED) is 0.0437. The summed E-state index contributed by atoms with van der Waals surface area (Å²) in [5.41, 5.74) is 1.08. The molecular weight excluding hydrogens is 714 g/mol. The molecular formula is C40H52ClN5O6S. The summed E-state index contributed by atoms with van der Waals surface area (Å²) in [6, 6.07) is 18.4. The molecule has 1 unspecified atom stereocenters. The lowest BCUT2D eigenvalue weighted by molar-refractivity contribution is -0.121. The van der Waals surface area contributed by atoms with Gasteiger partial charge in [0.15, 0.2) is 0 Å². The molecule has 0 fully saturated rings. The number of carbonyl (C=O) groups is 2. The molecule has 1 amide bonds. The lowest BCUT2D eigenvalue weighted by Crippen LogP contribution is -2.41. The number of hydrogen-bond acceptors (Lipinski definition) is 7. The van der Waals surface area contributed by atoms with Crippen molar-refractivity contribution >= 4 is 44.7 Å². The van der Waals surface area contributed by atoms with Gasteiger partial charge in [-0.3, -0.25) is 23.4 Å². The summed E-state index contributed by atoms with van der Waals surface area (Å²) in [5.74, 6) is -1.57. The number of hydrogen-bond donors (Lipinski definition) is 2. The Kier molecular flexibility index (Phi) is 16.2. The molecule has 0 saturated heterocycles. The number of nitrogens with one attached hydrogen (secondary N) is 2. The van der Waals surface area contributed by atoms with Gasteiger partial charge < -0.3 is 10.1 Å². The zero-order chi connectivity index (χ0) is 38.2. The van der Waals surface area contributed by atoms with Crippen LogP contribution in [0.1, 0.15) is 101 Å². The molecule has 2 aromatic heterocycles. The highest BCUT2D eigenvalue weighted by Gasteiger charge is 2.37. The van der Waals surface area contributed by atoms with Crippen LogP contribution in [0, 0.1) is 0 Å². The van der Waals surface area contributed by atoms with Gasteiger partial charge in [-0.05, 0) is 37.1 Å². The molecule has 2 N–H and O–H groups in total. The minimum atomic E-state index is -3.63. The van der Waals surface area contributed by atoms with Gasteiger partial charge in [-0.2, -0.15) is 0 Å². The van der Waals surface area contributed by atoms with Crippen molar-refractivity contribution in [2.24, 2.45) is 0 Å². The summed E-state index contributed by atoms with van der Waals surface area (Å²) in [5, 5.41) is 2.77. The molecule has 0 bridgehead atoms. The molecule has 0 aliphatic carbocycles. The van der Waals surface area contributed by atoms with Crippen LogP contribution in [0.3, 0.4) is 0 Å². The van der Waals surface area contributed by atoms with Gasteiger partial charge >= 0.3 is 5.69 Å². The molecule has 286 valence electrons. The van der Waals surface area contributed by atoms with Crippen LogP contribution in [0.15, 0.2) is 77.7 Å². The summed E-state index contributed by atoms with van der Waals surface area (Å²) in [4.78, 5) is 47.8. The molecule has 4 rings (SSSR count). The summed E-state index contributed by atoms with van der Waals surface area (Å²) < 4.78 is 35.4. The number of ether oxygens (including phenoxy) is 1. The summed E-state index contributed by atoms with van der Waals surface area (Å²) >= 11 is 6.44. The predicted molar refractivity (Wildman–Crippen MR) is 212 cm³/mol. The minimum absolute atomic E-state index is 0.0252. The second kappa shape index (κ2) is 20.7. The van der Waals surface area contributed by atoms with Crippen molar-refractivity contribution in [3.05, 3.63) is 94.1 Å². The molecule has 13 heteroatoms. The molecule has 0 radical (unpaired) electrons. The Labute approximate surface area is 318 Å². The van der Waals surface area contributed by atoms with E-state index in [0.29, 0.717) is 30.8 Å². The Hall–Kier alpha value is -4.42. The number of sulfonamides is 1. The smallest absolute Gasteiger partial charge is 0.329 e. The third kappa shape index (κ3) is 12.3. The summed E-state index contributed by atoms with van der Waals surface area (Å²) in [6.45, 7) is 5.03. The van der Waals surface area contributed by atoms with Gasteiger partial charge in [0, 0.05) is 30.9 Å². The van der Waals surface area contributed by atoms with Crippen molar-refractivity contribution in [2.45, 2.75) is 110 Å². The van der Waals surface area contributed by atoms with Crippen LogP contribution in [-0.4, -0.2) is 46.6 Å². The van der Waals surface area contributed by atoms with Crippen LogP contribution in [0.5, 0.6) is 5.88 Å². The van der Waals surface area contributed by atoms with Crippen molar-refractivity contribution in [1.82, 2.24) is 14.1 Å². The highest BCUT2D eigenvalue weighted by atomic mass is 35.5. The maximum atomic E-state index is 15.0. The van der Waals surface area contributed by atoms with E-state index in [-0.39, 0.29) is 33.7 Å². The van der Waals surface area contributed by atoms with E-state index >= 15 is 4.79 Å². The van der Waals surface area contributed by atoms with Gasteiger partial charge in [-0.25, -0.2) is 18.2 Å². The van der Waals surface area contributed by atoms with E-state index in [9.17, 15) is 18.0 Å². The zero-order valence-electron chi connectivity index (χ0n) is 31.0. The molecule has 0 saturated carbocycles. The van der Waals surface area contributed by atoms with Crippen molar-refractivity contribution in [2.75, 3.05) is 16.3 Å².